The molecule has 3 nitrogen and oxygen atoms in total. The average Bonchev–Trinajstić information content (AvgIpc) is 3.12. The van der Waals surface area contributed by atoms with Crippen molar-refractivity contribution in [3.05, 3.63) is 46.2 Å². The van der Waals surface area contributed by atoms with Gasteiger partial charge in [-0.3, -0.25) is 0 Å². The Hall–Kier alpha value is -1.52. The molecule has 1 fully saturated rings. The highest BCUT2D eigenvalue weighted by Gasteiger charge is 2.29. The van der Waals surface area contributed by atoms with Gasteiger partial charge in [0, 0.05) is 35.9 Å². The third kappa shape index (κ3) is 2.81. The molecule has 106 valence electrons. The maximum absolute atomic E-state index is 10.1. The van der Waals surface area contributed by atoms with E-state index in [2.05, 4.69) is 27.8 Å². The Kier molecular flexibility index (Phi) is 3.68. The molecule has 1 unspecified atom stereocenters. The molecule has 0 bridgehead atoms. The van der Waals surface area contributed by atoms with E-state index in [4.69, 9.17) is 5.73 Å². The van der Waals surface area contributed by atoms with Gasteiger partial charge in [0.2, 0.25) is 0 Å². The predicted molar refractivity (Wildman–Crippen MR) is 84.2 cm³/mol. The molecule has 3 rings (SSSR count). The van der Waals surface area contributed by atoms with E-state index in [1.165, 1.54) is 18.4 Å². The van der Waals surface area contributed by atoms with Gasteiger partial charge in [-0.1, -0.05) is 6.07 Å². The third-order valence-electron chi connectivity index (χ3n) is 3.76. The van der Waals surface area contributed by atoms with Crippen LogP contribution in [0.25, 0.3) is 0 Å². The van der Waals surface area contributed by atoms with Gasteiger partial charge in [-0.05, 0) is 48.2 Å². The summed E-state index contributed by atoms with van der Waals surface area (Å²) in [4.78, 5) is 2.38. The van der Waals surface area contributed by atoms with Crippen molar-refractivity contribution in [3.8, 4) is 5.75 Å². The molecule has 1 aliphatic rings. The first kappa shape index (κ1) is 13.5. The second-order valence-corrected chi connectivity index (χ2v) is 6.30. The van der Waals surface area contributed by atoms with Crippen LogP contribution in [0, 0.1) is 0 Å². The van der Waals surface area contributed by atoms with Crippen molar-refractivity contribution >= 4 is 17.0 Å². The second kappa shape index (κ2) is 5.46. The number of phenols is 1. The maximum Gasteiger partial charge on any atom is 0.122 e. The molecule has 0 aliphatic heterocycles. The minimum Gasteiger partial charge on any atom is -0.508 e. The summed E-state index contributed by atoms with van der Waals surface area (Å²) in [6, 6.07) is 8.49. The molecule has 2 aromatic rings. The molecule has 1 heterocycles. The SMILES string of the molecule is CC(N)c1ccc(N(Cc2ccsc2)C2CC2)cc1O. The number of phenolic OH excluding ortho intramolecular Hbond substituents is 1. The van der Waals surface area contributed by atoms with E-state index in [-0.39, 0.29) is 6.04 Å². The lowest BCUT2D eigenvalue weighted by Crippen LogP contribution is -2.24. The van der Waals surface area contributed by atoms with Crippen molar-refractivity contribution in [1.29, 1.82) is 0 Å². The van der Waals surface area contributed by atoms with Crippen molar-refractivity contribution in [3.63, 3.8) is 0 Å². The molecule has 0 spiro atoms. The van der Waals surface area contributed by atoms with Crippen molar-refractivity contribution in [1.82, 2.24) is 0 Å². The van der Waals surface area contributed by atoms with E-state index >= 15 is 0 Å². The topological polar surface area (TPSA) is 49.5 Å². The summed E-state index contributed by atoms with van der Waals surface area (Å²) in [5.41, 5.74) is 9.07. The van der Waals surface area contributed by atoms with Gasteiger partial charge in [0.15, 0.2) is 0 Å². The van der Waals surface area contributed by atoms with Gasteiger partial charge < -0.3 is 15.7 Å². The molecule has 1 aromatic carbocycles. The first-order valence-electron chi connectivity index (χ1n) is 7.01. The number of hydrogen-bond acceptors (Lipinski definition) is 4. The van der Waals surface area contributed by atoms with Crippen LogP contribution in [0.3, 0.4) is 0 Å². The van der Waals surface area contributed by atoms with Crippen LogP contribution in [0.5, 0.6) is 5.75 Å². The number of nitrogens with two attached hydrogens (primary N) is 1. The van der Waals surface area contributed by atoms with E-state index in [1.54, 1.807) is 11.3 Å². The Labute approximate surface area is 123 Å². The molecule has 3 N–H and O–H groups in total. The number of nitrogens with zero attached hydrogens (tertiary/aromatic N) is 1. The van der Waals surface area contributed by atoms with Crippen molar-refractivity contribution < 1.29 is 5.11 Å². The smallest absolute Gasteiger partial charge is 0.122 e. The van der Waals surface area contributed by atoms with Crippen LogP contribution in [-0.2, 0) is 6.54 Å². The van der Waals surface area contributed by atoms with Gasteiger partial charge >= 0.3 is 0 Å². The lowest BCUT2D eigenvalue weighted by atomic mass is 10.1. The van der Waals surface area contributed by atoms with Gasteiger partial charge in [-0.2, -0.15) is 11.3 Å². The Morgan fingerprint density at radius 1 is 1.40 bits per heavy atom. The quantitative estimate of drug-likeness (QED) is 0.883. The zero-order chi connectivity index (χ0) is 14.1. The van der Waals surface area contributed by atoms with Crippen molar-refractivity contribution in [2.75, 3.05) is 4.90 Å². The number of hydrogen-bond donors (Lipinski definition) is 2. The number of anilines is 1. The molecule has 4 heteroatoms. The highest BCUT2D eigenvalue weighted by molar-refractivity contribution is 7.07. The minimum absolute atomic E-state index is 0.143. The van der Waals surface area contributed by atoms with Gasteiger partial charge in [0.05, 0.1) is 0 Å². The summed E-state index contributed by atoms with van der Waals surface area (Å²) in [7, 11) is 0. The highest BCUT2D eigenvalue weighted by atomic mass is 32.1. The first-order valence-corrected chi connectivity index (χ1v) is 7.95. The molecular formula is C16H20N2OS. The maximum atomic E-state index is 10.1. The summed E-state index contributed by atoms with van der Waals surface area (Å²) in [5.74, 6) is 0.300. The fourth-order valence-corrected chi connectivity index (χ4v) is 3.15. The molecule has 0 saturated heterocycles. The van der Waals surface area contributed by atoms with E-state index in [1.807, 2.05) is 19.1 Å². The van der Waals surface area contributed by atoms with Crippen molar-refractivity contribution in [2.45, 2.75) is 38.4 Å². The van der Waals surface area contributed by atoms with Gasteiger partial charge in [0.25, 0.3) is 0 Å². The number of benzene rings is 1. The molecule has 1 atom stereocenters. The Balaban J connectivity index is 1.86. The van der Waals surface area contributed by atoms with E-state index < -0.39 is 0 Å². The zero-order valence-electron chi connectivity index (χ0n) is 11.6. The number of aromatic hydroxyl groups is 1. The Morgan fingerprint density at radius 3 is 2.75 bits per heavy atom. The monoisotopic (exact) mass is 288 g/mol. The molecule has 20 heavy (non-hydrogen) atoms. The normalized spacial score (nSPS) is 16.1. The van der Waals surface area contributed by atoms with E-state index in [0.29, 0.717) is 11.8 Å². The molecule has 0 amide bonds. The molecule has 0 radical (unpaired) electrons. The van der Waals surface area contributed by atoms with Crippen LogP contribution in [0.1, 0.15) is 36.9 Å². The lowest BCUT2D eigenvalue weighted by Gasteiger charge is -2.25. The molecule has 1 aliphatic carbocycles. The average molecular weight is 288 g/mol. The highest BCUT2D eigenvalue weighted by Crippen LogP contribution is 2.36. The number of thiophene rings is 1. The van der Waals surface area contributed by atoms with Crippen LogP contribution in [0.4, 0.5) is 5.69 Å². The van der Waals surface area contributed by atoms with Gasteiger partial charge in [-0.25, -0.2) is 0 Å². The van der Waals surface area contributed by atoms with Gasteiger partial charge in [0.1, 0.15) is 5.75 Å². The summed E-state index contributed by atoms with van der Waals surface area (Å²) < 4.78 is 0. The van der Waals surface area contributed by atoms with Crippen LogP contribution in [0.2, 0.25) is 0 Å². The lowest BCUT2D eigenvalue weighted by molar-refractivity contribution is 0.463. The predicted octanol–water partition coefficient (Wildman–Crippen LogP) is 3.64. The number of rotatable bonds is 5. The standard InChI is InChI=1S/C16H20N2OS/c1-11(17)15-5-4-14(8-16(15)19)18(13-2-3-13)9-12-6-7-20-10-12/h4-8,10-11,13,19H,2-3,9,17H2,1H3. The summed E-state index contributed by atoms with van der Waals surface area (Å²) >= 11 is 1.73. The Morgan fingerprint density at radius 2 is 2.20 bits per heavy atom. The molecule has 1 aromatic heterocycles. The minimum atomic E-state index is -0.143. The summed E-state index contributed by atoms with van der Waals surface area (Å²) in [6.45, 7) is 2.80. The van der Waals surface area contributed by atoms with E-state index in [9.17, 15) is 5.11 Å². The fraction of sp³-hybridized carbons (Fsp3) is 0.375. The van der Waals surface area contributed by atoms with E-state index in [0.717, 1.165) is 17.8 Å². The van der Waals surface area contributed by atoms with Gasteiger partial charge in [-0.15, -0.1) is 0 Å². The largest absolute Gasteiger partial charge is 0.508 e. The first-order chi connectivity index (χ1) is 9.65. The zero-order valence-corrected chi connectivity index (χ0v) is 12.4. The summed E-state index contributed by atoms with van der Waals surface area (Å²) in [5, 5.41) is 14.4. The molecular weight excluding hydrogens is 268 g/mol. The van der Waals surface area contributed by atoms with Crippen LogP contribution in [-0.4, -0.2) is 11.1 Å². The van der Waals surface area contributed by atoms with Crippen molar-refractivity contribution in [2.24, 2.45) is 5.73 Å². The van der Waals surface area contributed by atoms with Crippen LogP contribution in [0.15, 0.2) is 35.0 Å². The third-order valence-corrected chi connectivity index (χ3v) is 4.49. The van der Waals surface area contributed by atoms with Crippen LogP contribution < -0.4 is 10.6 Å². The molecule has 1 saturated carbocycles. The fourth-order valence-electron chi connectivity index (χ4n) is 2.49. The second-order valence-electron chi connectivity index (χ2n) is 5.52. The van der Waals surface area contributed by atoms with Crippen LogP contribution >= 0.6 is 11.3 Å². The Bertz CT molecular complexity index is 576. The summed E-state index contributed by atoms with van der Waals surface area (Å²) in [6.07, 6.45) is 2.47.